The molecule has 2 aromatic rings. The molecule has 5 nitrogen and oxygen atoms in total. The molecule has 0 atom stereocenters. The number of aryl methyl sites for hydroxylation is 1. The van der Waals surface area contributed by atoms with Crippen LogP contribution in [0, 0.1) is 12.8 Å². The number of hydrogen-bond donors (Lipinski definition) is 1. The van der Waals surface area contributed by atoms with Crippen molar-refractivity contribution in [2.75, 3.05) is 16.8 Å². The Bertz CT molecular complexity index is 792. The van der Waals surface area contributed by atoms with Crippen LogP contribution in [0.2, 0.25) is 5.02 Å². The molecule has 0 radical (unpaired) electrons. The highest BCUT2D eigenvalue weighted by molar-refractivity contribution is 7.91. The monoisotopic (exact) mass is 358 g/mol. The second-order valence-corrected chi connectivity index (χ2v) is 9.19. The summed E-state index contributed by atoms with van der Waals surface area (Å²) in [6.07, 6.45) is 0.748. The Morgan fingerprint density at radius 3 is 2.68 bits per heavy atom. The van der Waals surface area contributed by atoms with Crippen LogP contribution in [0.5, 0.6) is 0 Å². The van der Waals surface area contributed by atoms with E-state index < -0.39 is 9.84 Å². The van der Waals surface area contributed by atoms with Gasteiger partial charge in [-0.3, -0.25) is 4.79 Å². The van der Waals surface area contributed by atoms with Gasteiger partial charge >= 0.3 is 0 Å². The number of sulfone groups is 1. The first kappa shape index (κ1) is 15.7. The van der Waals surface area contributed by atoms with Crippen LogP contribution in [0.15, 0.2) is 12.1 Å². The highest BCUT2D eigenvalue weighted by Crippen LogP contribution is 2.34. The van der Waals surface area contributed by atoms with Crippen molar-refractivity contribution in [2.24, 2.45) is 5.92 Å². The van der Waals surface area contributed by atoms with E-state index in [1.54, 1.807) is 0 Å². The topological polar surface area (TPSA) is 76.1 Å². The molecule has 3 rings (SSSR count). The Hall–Kier alpha value is -1.18. The SMILES string of the molecule is Cc1ccc(Cl)c2sc(NC(=O)C3CCS(=O)(=O)CC3)nc12. The maximum atomic E-state index is 12.3. The number of hydrogen-bond acceptors (Lipinski definition) is 5. The first-order valence-electron chi connectivity index (χ1n) is 6.93. The lowest BCUT2D eigenvalue weighted by Crippen LogP contribution is -2.31. The van der Waals surface area contributed by atoms with Crippen molar-refractivity contribution in [1.82, 2.24) is 4.98 Å². The summed E-state index contributed by atoms with van der Waals surface area (Å²) >= 11 is 7.49. The first-order chi connectivity index (χ1) is 10.4. The number of amides is 1. The predicted molar refractivity (Wildman–Crippen MR) is 89.4 cm³/mol. The molecule has 1 fully saturated rings. The van der Waals surface area contributed by atoms with E-state index in [0.717, 1.165) is 15.8 Å². The highest BCUT2D eigenvalue weighted by Gasteiger charge is 2.29. The lowest BCUT2D eigenvalue weighted by atomic mass is 10.0. The fourth-order valence-corrected chi connectivity index (χ4v) is 5.23. The van der Waals surface area contributed by atoms with Gasteiger partial charge in [0, 0.05) is 5.92 Å². The summed E-state index contributed by atoms with van der Waals surface area (Å²) in [5.41, 5.74) is 1.79. The van der Waals surface area contributed by atoms with Crippen LogP contribution in [-0.2, 0) is 14.6 Å². The highest BCUT2D eigenvalue weighted by atomic mass is 35.5. The maximum absolute atomic E-state index is 12.3. The minimum Gasteiger partial charge on any atom is -0.302 e. The molecular formula is C14H15ClN2O3S2. The molecule has 0 aliphatic carbocycles. The van der Waals surface area contributed by atoms with Crippen molar-refractivity contribution in [1.29, 1.82) is 0 Å². The molecule has 0 spiro atoms. The molecule has 0 unspecified atom stereocenters. The zero-order valence-corrected chi connectivity index (χ0v) is 14.3. The van der Waals surface area contributed by atoms with Gasteiger partial charge in [0.1, 0.15) is 9.84 Å². The minimum atomic E-state index is -2.96. The molecule has 0 saturated carbocycles. The number of nitrogens with one attached hydrogen (secondary N) is 1. The quantitative estimate of drug-likeness (QED) is 0.895. The minimum absolute atomic E-state index is 0.0792. The first-order valence-corrected chi connectivity index (χ1v) is 9.94. The summed E-state index contributed by atoms with van der Waals surface area (Å²) < 4.78 is 23.7. The molecule has 1 aromatic carbocycles. The molecule has 1 aliphatic heterocycles. The average Bonchev–Trinajstić information content (AvgIpc) is 2.88. The van der Waals surface area contributed by atoms with Gasteiger partial charge in [0.2, 0.25) is 5.91 Å². The standard InChI is InChI=1S/C14H15ClN2O3S2/c1-8-2-3-10(15)12-11(8)16-14(21-12)17-13(18)9-4-6-22(19,20)7-5-9/h2-3,9H,4-7H2,1H3,(H,16,17,18). The summed E-state index contributed by atoms with van der Waals surface area (Å²) in [4.78, 5) is 16.7. The van der Waals surface area contributed by atoms with Gasteiger partial charge in [-0.2, -0.15) is 0 Å². The fraction of sp³-hybridized carbons (Fsp3) is 0.429. The molecule has 22 heavy (non-hydrogen) atoms. The van der Waals surface area contributed by atoms with Crippen molar-refractivity contribution < 1.29 is 13.2 Å². The number of nitrogens with zero attached hydrogens (tertiary/aromatic N) is 1. The molecule has 0 bridgehead atoms. The van der Waals surface area contributed by atoms with E-state index in [2.05, 4.69) is 10.3 Å². The van der Waals surface area contributed by atoms with Gasteiger partial charge in [0.05, 0.1) is 26.7 Å². The van der Waals surface area contributed by atoms with Crippen molar-refractivity contribution >= 4 is 54.0 Å². The molecule has 1 saturated heterocycles. The van der Waals surface area contributed by atoms with Gasteiger partial charge < -0.3 is 5.32 Å². The Morgan fingerprint density at radius 2 is 2.05 bits per heavy atom. The largest absolute Gasteiger partial charge is 0.302 e. The molecule has 1 amide bonds. The lowest BCUT2D eigenvalue weighted by molar-refractivity contribution is -0.120. The fourth-order valence-electron chi connectivity index (χ4n) is 2.52. The number of carbonyl (C=O) groups is 1. The second-order valence-electron chi connectivity index (χ2n) is 5.48. The number of benzene rings is 1. The molecule has 1 N–H and O–H groups in total. The van der Waals surface area contributed by atoms with E-state index in [9.17, 15) is 13.2 Å². The van der Waals surface area contributed by atoms with Crippen LogP contribution >= 0.6 is 22.9 Å². The predicted octanol–water partition coefficient (Wildman–Crippen LogP) is 3.02. The van der Waals surface area contributed by atoms with Gasteiger partial charge in [0.15, 0.2) is 5.13 Å². The molecule has 8 heteroatoms. The van der Waals surface area contributed by atoms with Crippen LogP contribution in [-0.4, -0.2) is 30.8 Å². The Morgan fingerprint density at radius 1 is 1.36 bits per heavy atom. The van der Waals surface area contributed by atoms with Crippen LogP contribution in [0.4, 0.5) is 5.13 Å². The zero-order chi connectivity index (χ0) is 15.9. The third-order valence-electron chi connectivity index (χ3n) is 3.85. The van der Waals surface area contributed by atoms with E-state index in [0.29, 0.717) is 23.0 Å². The third-order valence-corrected chi connectivity index (χ3v) is 7.00. The summed E-state index contributed by atoms with van der Waals surface area (Å²) in [6.45, 7) is 1.94. The van der Waals surface area contributed by atoms with Crippen LogP contribution in [0.3, 0.4) is 0 Å². The number of halogens is 1. The van der Waals surface area contributed by atoms with Gasteiger partial charge in [-0.15, -0.1) is 0 Å². The Kier molecular flexibility index (Phi) is 4.13. The molecule has 2 heterocycles. The Balaban J connectivity index is 1.77. The number of rotatable bonds is 2. The van der Waals surface area contributed by atoms with E-state index in [4.69, 9.17) is 11.6 Å². The van der Waals surface area contributed by atoms with Crippen molar-refractivity contribution in [2.45, 2.75) is 19.8 Å². The molecule has 118 valence electrons. The van der Waals surface area contributed by atoms with Crippen LogP contribution in [0.1, 0.15) is 18.4 Å². The summed E-state index contributed by atoms with van der Waals surface area (Å²) in [5.74, 6) is -0.277. The summed E-state index contributed by atoms with van der Waals surface area (Å²) in [6, 6.07) is 3.71. The summed E-state index contributed by atoms with van der Waals surface area (Å²) in [7, 11) is -2.96. The number of anilines is 1. The maximum Gasteiger partial charge on any atom is 0.229 e. The third kappa shape index (κ3) is 3.11. The number of aromatic nitrogens is 1. The second kappa shape index (κ2) is 5.79. The molecular weight excluding hydrogens is 344 g/mol. The van der Waals surface area contributed by atoms with Crippen molar-refractivity contribution in [3.8, 4) is 0 Å². The van der Waals surface area contributed by atoms with Gasteiger partial charge in [-0.1, -0.05) is 29.0 Å². The average molecular weight is 359 g/mol. The van der Waals surface area contributed by atoms with E-state index in [1.165, 1.54) is 11.3 Å². The van der Waals surface area contributed by atoms with E-state index >= 15 is 0 Å². The molecule has 1 aromatic heterocycles. The van der Waals surface area contributed by atoms with Crippen molar-refractivity contribution in [3.05, 3.63) is 22.7 Å². The van der Waals surface area contributed by atoms with Crippen LogP contribution in [0.25, 0.3) is 10.2 Å². The van der Waals surface area contributed by atoms with Gasteiger partial charge in [-0.25, -0.2) is 13.4 Å². The number of thiazole rings is 1. The molecule has 1 aliphatic rings. The van der Waals surface area contributed by atoms with E-state index in [-0.39, 0.29) is 23.3 Å². The normalized spacial score (nSPS) is 18.5. The zero-order valence-electron chi connectivity index (χ0n) is 11.9. The number of carbonyl (C=O) groups excluding carboxylic acids is 1. The van der Waals surface area contributed by atoms with Crippen molar-refractivity contribution in [3.63, 3.8) is 0 Å². The van der Waals surface area contributed by atoms with Gasteiger partial charge in [-0.05, 0) is 31.4 Å². The lowest BCUT2D eigenvalue weighted by Gasteiger charge is -2.20. The Labute approximate surface area is 137 Å². The smallest absolute Gasteiger partial charge is 0.229 e. The van der Waals surface area contributed by atoms with Crippen LogP contribution < -0.4 is 5.32 Å². The van der Waals surface area contributed by atoms with Gasteiger partial charge in [0.25, 0.3) is 0 Å². The summed E-state index contributed by atoms with van der Waals surface area (Å²) in [5, 5.41) is 3.92. The van der Waals surface area contributed by atoms with E-state index in [1.807, 2.05) is 19.1 Å². The number of fused-ring (bicyclic) bond motifs is 1.